The second-order valence-electron chi connectivity index (χ2n) is 11.0. The van der Waals surface area contributed by atoms with Crippen LogP contribution in [0.2, 0.25) is 10.0 Å². The van der Waals surface area contributed by atoms with Gasteiger partial charge in [0.25, 0.3) is 0 Å². The third-order valence-electron chi connectivity index (χ3n) is 8.29. The fraction of sp³-hybridized carbons (Fsp3) is 0.607. The van der Waals surface area contributed by atoms with Crippen molar-refractivity contribution in [2.75, 3.05) is 24.5 Å². The molecular weight excluding hydrogens is 507 g/mol. The summed E-state index contributed by atoms with van der Waals surface area (Å²) in [6, 6.07) is 6.65. The molecule has 5 unspecified atom stereocenters. The van der Waals surface area contributed by atoms with Crippen molar-refractivity contribution in [2.24, 2.45) is 5.92 Å². The first-order valence-corrected chi connectivity index (χ1v) is 14.3. The average Bonchev–Trinajstić information content (AvgIpc) is 3.46. The molecule has 2 aromatic heterocycles. The van der Waals surface area contributed by atoms with Gasteiger partial charge in [-0.1, -0.05) is 36.2 Å². The molecule has 0 bridgehead atoms. The van der Waals surface area contributed by atoms with Gasteiger partial charge in [-0.2, -0.15) is 5.10 Å². The molecule has 200 valence electrons. The van der Waals surface area contributed by atoms with Crippen LogP contribution >= 0.6 is 23.2 Å². The Morgan fingerprint density at radius 2 is 1.97 bits per heavy atom. The Bertz CT molecular complexity index is 1250. The van der Waals surface area contributed by atoms with Crippen molar-refractivity contribution < 1.29 is 5.11 Å². The van der Waals surface area contributed by atoms with Crippen molar-refractivity contribution in [3.8, 4) is 0 Å². The number of benzene rings is 1. The number of aliphatic hydroxyl groups is 1. The van der Waals surface area contributed by atoms with Crippen LogP contribution in [0.5, 0.6) is 0 Å². The summed E-state index contributed by atoms with van der Waals surface area (Å²) in [6.45, 7) is 11.4. The number of halogens is 2. The Kier molecular flexibility index (Phi) is 7.96. The van der Waals surface area contributed by atoms with Crippen LogP contribution in [0, 0.1) is 12.8 Å². The van der Waals surface area contributed by atoms with Crippen LogP contribution in [-0.4, -0.2) is 67.6 Å². The molecule has 9 heteroatoms. The second kappa shape index (κ2) is 11.0. The summed E-state index contributed by atoms with van der Waals surface area (Å²) in [6.07, 6.45) is 7.28. The molecular formula is C28H38Cl2N6O. The van der Waals surface area contributed by atoms with Crippen molar-refractivity contribution in [1.82, 2.24) is 24.6 Å². The van der Waals surface area contributed by atoms with Gasteiger partial charge in [0.15, 0.2) is 5.65 Å². The van der Waals surface area contributed by atoms with Crippen LogP contribution in [0.1, 0.15) is 70.2 Å². The van der Waals surface area contributed by atoms with E-state index in [4.69, 9.17) is 38.3 Å². The number of nitrogens with zero attached hydrogens (tertiary/aromatic N) is 6. The molecule has 1 aromatic carbocycles. The lowest BCUT2D eigenvalue weighted by Crippen LogP contribution is -2.52. The molecule has 2 fully saturated rings. The van der Waals surface area contributed by atoms with Gasteiger partial charge in [-0.05, 0) is 83.0 Å². The van der Waals surface area contributed by atoms with Gasteiger partial charge in [-0.15, -0.1) is 0 Å². The number of fused-ring (bicyclic) bond motifs is 1. The fourth-order valence-corrected chi connectivity index (χ4v) is 6.87. The molecule has 0 radical (unpaired) electrons. The molecule has 1 N–H and O–H groups in total. The molecule has 2 aliphatic rings. The Balaban J connectivity index is 1.35. The van der Waals surface area contributed by atoms with E-state index in [1.54, 1.807) is 6.07 Å². The van der Waals surface area contributed by atoms with Crippen LogP contribution in [0.25, 0.3) is 11.2 Å². The Labute approximate surface area is 229 Å². The Morgan fingerprint density at radius 3 is 2.70 bits per heavy atom. The van der Waals surface area contributed by atoms with E-state index in [0.717, 1.165) is 60.6 Å². The lowest BCUT2D eigenvalue weighted by Gasteiger charge is -2.44. The molecule has 0 saturated carbocycles. The van der Waals surface area contributed by atoms with Crippen LogP contribution < -0.4 is 4.90 Å². The minimum atomic E-state index is -0.217. The molecule has 0 aliphatic carbocycles. The third kappa shape index (κ3) is 5.47. The number of aryl methyl sites for hydroxylation is 1. The summed E-state index contributed by atoms with van der Waals surface area (Å²) >= 11 is 12.7. The molecule has 2 aliphatic heterocycles. The summed E-state index contributed by atoms with van der Waals surface area (Å²) in [5.41, 5.74) is 3.41. The van der Waals surface area contributed by atoms with Gasteiger partial charge in [0.2, 0.25) is 0 Å². The van der Waals surface area contributed by atoms with Crippen LogP contribution in [0.4, 0.5) is 5.82 Å². The third-order valence-corrected chi connectivity index (χ3v) is 8.85. The number of aliphatic hydroxyl groups excluding tert-OH is 1. The highest BCUT2D eigenvalue weighted by atomic mass is 35.5. The van der Waals surface area contributed by atoms with Gasteiger partial charge in [-0.25, -0.2) is 14.6 Å². The van der Waals surface area contributed by atoms with Crippen molar-refractivity contribution in [3.05, 3.63) is 45.7 Å². The molecule has 0 spiro atoms. The molecule has 7 nitrogen and oxygen atoms in total. The number of anilines is 1. The van der Waals surface area contributed by atoms with Crippen molar-refractivity contribution in [3.63, 3.8) is 0 Å². The maximum atomic E-state index is 9.79. The Hall–Kier alpha value is -1.93. The minimum absolute atomic E-state index is 0.107. The highest BCUT2D eigenvalue weighted by molar-refractivity contribution is 6.35. The largest absolute Gasteiger partial charge is 0.393 e. The minimum Gasteiger partial charge on any atom is -0.393 e. The standard InChI is InChI=1S/C28H38Cl2N6O/c1-17-16-34(13-11-25(17)35-12-5-6-22(35)9-7-18(2)37)26-15-31-27-19(3)33-36(28(27)32-26)20(4)23-10-8-21(29)14-24(23)30/h8,10,14-15,17-18,20,22,25,37H,5-7,9,11-13,16H2,1-4H3. The lowest BCUT2D eigenvalue weighted by molar-refractivity contribution is 0.0976. The highest BCUT2D eigenvalue weighted by Crippen LogP contribution is 2.34. The van der Waals surface area contributed by atoms with Crippen LogP contribution in [0.3, 0.4) is 0 Å². The van der Waals surface area contributed by atoms with E-state index in [1.807, 2.05) is 36.9 Å². The summed E-state index contributed by atoms with van der Waals surface area (Å²) < 4.78 is 1.93. The van der Waals surface area contributed by atoms with Gasteiger partial charge in [0, 0.05) is 35.2 Å². The van der Waals surface area contributed by atoms with E-state index in [9.17, 15) is 5.11 Å². The molecule has 3 aromatic rings. The molecule has 5 rings (SSSR count). The van der Waals surface area contributed by atoms with Gasteiger partial charge >= 0.3 is 0 Å². The molecule has 2 saturated heterocycles. The predicted molar refractivity (Wildman–Crippen MR) is 151 cm³/mol. The summed E-state index contributed by atoms with van der Waals surface area (Å²) in [5, 5.41) is 15.8. The van der Waals surface area contributed by atoms with Gasteiger partial charge in [0.1, 0.15) is 11.3 Å². The molecule has 37 heavy (non-hydrogen) atoms. The zero-order chi connectivity index (χ0) is 26.3. The van der Waals surface area contributed by atoms with Crippen molar-refractivity contribution in [1.29, 1.82) is 0 Å². The number of piperidine rings is 1. The number of aromatic nitrogens is 4. The van der Waals surface area contributed by atoms with Gasteiger partial charge in [-0.3, -0.25) is 4.90 Å². The predicted octanol–water partition coefficient (Wildman–Crippen LogP) is 5.89. The molecule has 4 heterocycles. The van der Waals surface area contributed by atoms with E-state index >= 15 is 0 Å². The average molecular weight is 546 g/mol. The molecule has 0 amide bonds. The number of rotatable bonds is 7. The first-order valence-electron chi connectivity index (χ1n) is 13.6. The van der Waals surface area contributed by atoms with E-state index in [2.05, 4.69) is 23.6 Å². The summed E-state index contributed by atoms with van der Waals surface area (Å²) in [5.74, 6) is 1.43. The maximum absolute atomic E-state index is 9.79. The second-order valence-corrected chi connectivity index (χ2v) is 11.9. The highest BCUT2D eigenvalue weighted by Gasteiger charge is 2.37. The van der Waals surface area contributed by atoms with Gasteiger partial charge < -0.3 is 10.0 Å². The van der Waals surface area contributed by atoms with E-state index in [-0.39, 0.29) is 12.1 Å². The molecule has 5 atom stereocenters. The van der Waals surface area contributed by atoms with E-state index in [1.165, 1.54) is 19.4 Å². The SMILES string of the molecule is Cc1nn(C(C)c2ccc(Cl)cc2Cl)c2nc(N3CCC(N4CCCC4CCC(C)O)C(C)C3)cnc12. The summed E-state index contributed by atoms with van der Waals surface area (Å²) in [4.78, 5) is 15.0. The number of hydrogen-bond acceptors (Lipinski definition) is 6. The number of likely N-dealkylation sites (tertiary alicyclic amines) is 1. The quantitative estimate of drug-likeness (QED) is 0.399. The monoisotopic (exact) mass is 544 g/mol. The smallest absolute Gasteiger partial charge is 0.179 e. The first-order chi connectivity index (χ1) is 17.7. The van der Waals surface area contributed by atoms with Crippen LogP contribution in [0.15, 0.2) is 24.4 Å². The van der Waals surface area contributed by atoms with Crippen molar-refractivity contribution >= 4 is 40.2 Å². The van der Waals surface area contributed by atoms with Crippen molar-refractivity contribution in [2.45, 2.75) is 84.0 Å². The normalized spacial score (nSPS) is 24.6. The lowest BCUT2D eigenvalue weighted by atomic mass is 9.91. The first kappa shape index (κ1) is 26.7. The summed E-state index contributed by atoms with van der Waals surface area (Å²) in [7, 11) is 0. The van der Waals surface area contributed by atoms with Crippen LogP contribution in [-0.2, 0) is 0 Å². The van der Waals surface area contributed by atoms with Gasteiger partial charge in [0.05, 0.1) is 24.0 Å². The van der Waals surface area contributed by atoms with E-state index in [0.29, 0.717) is 28.0 Å². The Morgan fingerprint density at radius 1 is 1.16 bits per heavy atom. The van der Waals surface area contributed by atoms with E-state index < -0.39 is 0 Å². The fourth-order valence-electron chi connectivity index (χ4n) is 6.31. The zero-order valence-corrected chi connectivity index (χ0v) is 23.8. The zero-order valence-electron chi connectivity index (χ0n) is 22.2. The topological polar surface area (TPSA) is 70.3 Å². The maximum Gasteiger partial charge on any atom is 0.179 e. The number of hydrogen-bond donors (Lipinski definition) is 1.